The molecule has 0 radical (unpaired) electrons. The Bertz CT molecular complexity index is 399. The standard InChI is InChI=1S/C12H19N3O3/c1-14(8-10-3-2-6-13-7-10)9-11-4-5-12(18-11)15(16)17/h4-5,10,13H,2-3,6-9H2,1H3. The summed E-state index contributed by atoms with van der Waals surface area (Å²) in [5.74, 6) is 1.12. The van der Waals surface area contributed by atoms with Gasteiger partial charge in [-0.25, -0.2) is 0 Å². The lowest BCUT2D eigenvalue weighted by Crippen LogP contribution is -2.36. The molecule has 1 atom stereocenters. The van der Waals surface area contributed by atoms with E-state index in [9.17, 15) is 10.1 Å². The lowest BCUT2D eigenvalue weighted by molar-refractivity contribution is -0.402. The van der Waals surface area contributed by atoms with Gasteiger partial charge in [0.2, 0.25) is 0 Å². The summed E-state index contributed by atoms with van der Waals surface area (Å²) in [6, 6.07) is 3.08. The first-order chi connectivity index (χ1) is 8.65. The van der Waals surface area contributed by atoms with Gasteiger partial charge in [0.05, 0.1) is 12.6 Å². The van der Waals surface area contributed by atoms with Gasteiger partial charge in [0, 0.05) is 6.54 Å². The van der Waals surface area contributed by atoms with Gasteiger partial charge in [-0.1, -0.05) is 0 Å². The van der Waals surface area contributed by atoms with Crippen molar-refractivity contribution in [2.24, 2.45) is 5.92 Å². The number of nitrogens with one attached hydrogen (secondary N) is 1. The molecule has 6 heteroatoms. The van der Waals surface area contributed by atoms with Gasteiger partial charge in [-0.2, -0.15) is 0 Å². The van der Waals surface area contributed by atoms with Crippen LogP contribution >= 0.6 is 0 Å². The van der Waals surface area contributed by atoms with Crippen molar-refractivity contribution in [2.75, 3.05) is 26.7 Å². The van der Waals surface area contributed by atoms with E-state index in [-0.39, 0.29) is 5.88 Å². The number of hydrogen-bond donors (Lipinski definition) is 1. The van der Waals surface area contributed by atoms with E-state index >= 15 is 0 Å². The Kier molecular flexibility index (Phi) is 4.33. The zero-order valence-corrected chi connectivity index (χ0v) is 10.6. The Labute approximate surface area is 106 Å². The van der Waals surface area contributed by atoms with Crippen molar-refractivity contribution in [3.63, 3.8) is 0 Å². The van der Waals surface area contributed by atoms with Crippen LogP contribution < -0.4 is 5.32 Å². The van der Waals surface area contributed by atoms with Gasteiger partial charge in [0.15, 0.2) is 0 Å². The highest BCUT2D eigenvalue weighted by Crippen LogP contribution is 2.18. The number of rotatable bonds is 5. The third kappa shape index (κ3) is 3.54. The number of piperidine rings is 1. The molecule has 0 spiro atoms. The van der Waals surface area contributed by atoms with Crippen molar-refractivity contribution in [3.05, 3.63) is 28.0 Å². The Morgan fingerprint density at radius 1 is 1.61 bits per heavy atom. The highest BCUT2D eigenvalue weighted by molar-refractivity contribution is 5.17. The minimum absolute atomic E-state index is 0.183. The molecule has 1 aliphatic heterocycles. The summed E-state index contributed by atoms with van der Waals surface area (Å²) in [6.45, 7) is 3.78. The SMILES string of the molecule is CN(Cc1ccc([N+](=O)[O-])o1)CC1CCCNC1. The van der Waals surface area contributed by atoms with E-state index in [2.05, 4.69) is 10.2 Å². The molecule has 6 nitrogen and oxygen atoms in total. The van der Waals surface area contributed by atoms with Crippen molar-refractivity contribution in [3.8, 4) is 0 Å². The molecule has 1 aliphatic rings. The van der Waals surface area contributed by atoms with Crippen LogP contribution in [-0.4, -0.2) is 36.5 Å². The predicted molar refractivity (Wildman–Crippen MR) is 67.3 cm³/mol. The monoisotopic (exact) mass is 253 g/mol. The molecule has 0 saturated carbocycles. The number of hydrogen-bond acceptors (Lipinski definition) is 5. The van der Waals surface area contributed by atoms with Gasteiger partial charge in [-0.05, 0) is 45.0 Å². The van der Waals surface area contributed by atoms with Gasteiger partial charge in [0.25, 0.3) is 0 Å². The van der Waals surface area contributed by atoms with Gasteiger partial charge in [0.1, 0.15) is 10.7 Å². The van der Waals surface area contributed by atoms with Crippen LogP contribution in [0.2, 0.25) is 0 Å². The first-order valence-electron chi connectivity index (χ1n) is 6.27. The van der Waals surface area contributed by atoms with Crippen LogP contribution in [0.25, 0.3) is 0 Å². The van der Waals surface area contributed by atoms with Crippen LogP contribution in [0.5, 0.6) is 0 Å². The molecule has 1 N–H and O–H groups in total. The topological polar surface area (TPSA) is 71.5 Å². The highest BCUT2D eigenvalue weighted by atomic mass is 16.6. The molecule has 18 heavy (non-hydrogen) atoms. The minimum Gasteiger partial charge on any atom is -0.404 e. The summed E-state index contributed by atoms with van der Waals surface area (Å²) in [6.07, 6.45) is 2.47. The Morgan fingerprint density at radius 3 is 3.06 bits per heavy atom. The molecule has 1 aromatic heterocycles. The molecule has 0 bridgehead atoms. The van der Waals surface area contributed by atoms with Crippen molar-refractivity contribution in [1.82, 2.24) is 10.2 Å². The first kappa shape index (κ1) is 13.0. The quantitative estimate of drug-likeness (QED) is 0.637. The third-order valence-corrected chi connectivity index (χ3v) is 3.22. The average Bonchev–Trinajstić information content (AvgIpc) is 2.78. The maximum absolute atomic E-state index is 10.5. The Balaban J connectivity index is 1.82. The molecule has 1 fully saturated rings. The summed E-state index contributed by atoms with van der Waals surface area (Å²) >= 11 is 0. The maximum atomic E-state index is 10.5. The van der Waals surface area contributed by atoms with Gasteiger partial charge in [-0.15, -0.1) is 0 Å². The molecule has 1 unspecified atom stereocenters. The summed E-state index contributed by atoms with van der Waals surface area (Å²) < 4.78 is 5.15. The Hall–Kier alpha value is -1.40. The van der Waals surface area contributed by atoms with E-state index < -0.39 is 4.92 Å². The summed E-state index contributed by atoms with van der Waals surface area (Å²) in [4.78, 5) is 12.2. The molecule has 100 valence electrons. The summed E-state index contributed by atoms with van der Waals surface area (Å²) in [5.41, 5.74) is 0. The predicted octanol–water partition coefficient (Wildman–Crippen LogP) is 1.62. The van der Waals surface area contributed by atoms with Crippen LogP contribution in [0.3, 0.4) is 0 Å². The van der Waals surface area contributed by atoms with Crippen molar-refractivity contribution in [1.29, 1.82) is 0 Å². The molecule has 0 aliphatic carbocycles. The maximum Gasteiger partial charge on any atom is 0.433 e. The van der Waals surface area contributed by atoms with Crippen molar-refractivity contribution >= 4 is 5.88 Å². The molecule has 2 heterocycles. The highest BCUT2D eigenvalue weighted by Gasteiger charge is 2.17. The molecule has 0 amide bonds. The summed E-state index contributed by atoms with van der Waals surface area (Å²) in [5, 5.41) is 13.9. The molecular weight excluding hydrogens is 234 g/mol. The number of furan rings is 1. The van der Waals surface area contributed by atoms with Crippen LogP contribution in [0, 0.1) is 16.0 Å². The van der Waals surface area contributed by atoms with Gasteiger partial charge in [-0.3, -0.25) is 15.0 Å². The first-order valence-corrected chi connectivity index (χ1v) is 6.27. The molecular formula is C12H19N3O3. The number of nitro groups is 1. The Morgan fingerprint density at radius 2 is 2.44 bits per heavy atom. The zero-order chi connectivity index (χ0) is 13.0. The van der Waals surface area contributed by atoms with E-state index in [4.69, 9.17) is 4.42 Å². The summed E-state index contributed by atoms with van der Waals surface area (Å²) in [7, 11) is 2.02. The second-order valence-corrected chi connectivity index (χ2v) is 4.91. The number of nitrogens with zero attached hydrogens (tertiary/aromatic N) is 2. The molecule has 1 aromatic rings. The lowest BCUT2D eigenvalue weighted by Gasteiger charge is -2.27. The van der Waals surface area contributed by atoms with Crippen LogP contribution in [0.15, 0.2) is 16.5 Å². The van der Waals surface area contributed by atoms with E-state index in [0.29, 0.717) is 18.2 Å². The fraction of sp³-hybridized carbons (Fsp3) is 0.667. The van der Waals surface area contributed by atoms with E-state index in [0.717, 1.165) is 19.6 Å². The van der Waals surface area contributed by atoms with Crippen molar-refractivity contribution in [2.45, 2.75) is 19.4 Å². The lowest BCUT2D eigenvalue weighted by atomic mass is 9.99. The van der Waals surface area contributed by atoms with Crippen molar-refractivity contribution < 1.29 is 9.34 Å². The van der Waals surface area contributed by atoms with Crippen LogP contribution in [0.4, 0.5) is 5.88 Å². The molecule has 1 saturated heterocycles. The second-order valence-electron chi connectivity index (χ2n) is 4.91. The van der Waals surface area contributed by atoms with Crippen LogP contribution in [-0.2, 0) is 6.54 Å². The average molecular weight is 253 g/mol. The van der Waals surface area contributed by atoms with E-state index in [1.54, 1.807) is 6.07 Å². The van der Waals surface area contributed by atoms with E-state index in [1.165, 1.54) is 18.9 Å². The smallest absolute Gasteiger partial charge is 0.404 e. The molecule has 2 rings (SSSR count). The fourth-order valence-corrected chi connectivity index (χ4v) is 2.40. The van der Waals surface area contributed by atoms with Gasteiger partial charge >= 0.3 is 5.88 Å². The fourth-order valence-electron chi connectivity index (χ4n) is 2.40. The van der Waals surface area contributed by atoms with Gasteiger partial charge < -0.3 is 9.73 Å². The van der Waals surface area contributed by atoms with Crippen LogP contribution in [0.1, 0.15) is 18.6 Å². The van der Waals surface area contributed by atoms with E-state index in [1.807, 2.05) is 7.05 Å². The largest absolute Gasteiger partial charge is 0.433 e. The molecule has 0 aromatic carbocycles. The normalized spacial score (nSPS) is 20.2. The third-order valence-electron chi connectivity index (χ3n) is 3.22. The second kappa shape index (κ2) is 5.97. The zero-order valence-electron chi connectivity index (χ0n) is 10.6. The minimum atomic E-state index is -0.505.